The summed E-state index contributed by atoms with van der Waals surface area (Å²) in [6.07, 6.45) is 3.40. The number of nitrogen functional groups attached to an aromatic ring is 1. The average molecular weight is 309 g/mol. The number of amides is 1. The van der Waals surface area contributed by atoms with Gasteiger partial charge in [-0.2, -0.15) is 0 Å². The number of thiophene rings is 1. The van der Waals surface area contributed by atoms with Crippen molar-refractivity contribution in [2.24, 2.45) is 0 Å². The highest BCUT2D eigenvalue weighted by Gasteiger charge is 2.21. The summed E-state index contributed by atoms with van der Waals surface area (Å²) >= 11 is 1.37. The molecule has 2 N–H and O–H groups in total. The van der Waals surface area contributed by atoms with Crippen LogP contribution in [0.1, 0.15) is 9.67 Å². The smallest absolute Gasteiger partial charge is 0.266 e. The molecule has 0 saturated carbocycles. The number of anilines is 1. The van der Waals surface area contributed by atoms with Crippen LogP contribution in [0.15, 0.2) is 18.5 Å². The number of pyridine rings is 1. The van der Waals surface area contributed by atoms with E-state index in [1.54, 1.807) is 31.5 Å². The van der Waals surface area contributed by atoms with Crippen LogP contribution < -0.4 is 5.73 Å². The topological polar surface area (TPSA) is 77.7 Å². The molecular formula is C14H19N3O3S. The van der Waals surface area contributed by atoms with Gasteiger partial charge in [0.15, 0.2) is 0 Å². The highest BCUT2D eigenvalue weighted by Crippen LogP contribution is 2.33. The lowest BCUT2D eigenvalue weighted by atomic mass is 10.2. The van der Waals surface area contributed by atoms with Gasteiger partial charge in [-0.05, 0) is 6.07 Å². The number of nitrogens with zero attached hydrogens (tertiary/aromatic N) is 2. The maximum absolute atomic E-state index is 12.7. The van der Waals surface area contributed by atoms with Gasteiger partial charge in [-0.3, -0.25) is 9.78 Å². The highest BCUT2D eigenvalue weighted by atomic mass is 32.1. The van der Waals surface area contributed by atoms with E-state index >= 15 is 0 Å². The lowest BCUT2D eigenvalue weighted by Gasteiger charge is -2.21. The van der Waals surface area contributed by atoms with Crippen molar-refractivity contribution in [2.45, 2.75) is 0 Å². The lowest BCUT2D eigenvalue weighted by molar-refractivity contribution is 0.0633. The molecule has 0 fully saturated rings. The van der Waals surface area contributed by atoms with E-state index in [0.29, 0.717) is 36.9 Å². The minimum atomic E-state index is -0.0946. The molecule has 0 radical (unpaired) electrons. The van der Waals surface area contributed by atoms with Crippen LogP contribution in [-0.2, 0) is 9.47 Å². The maximum atomic E-state index is 12.7. The number of hydrogen-bond acceptors (Lipinski definition) is 6. The molecule has 114 valence electrons. The van der Waals surface area contributed by atoms with Crippen LogP contribution in [0.5, 0.6) is 0 Å². The number of methoxy groups -OCH3 is 2. The van der Waals surface area contributed by atoms with E-state index in [9.17, 15) is 4.79 Å². The summed E-state index contributed by atoms with van der Waals surface area (Å²) in [6, 6.07) is 1.83. The Hall–Kier alpha value is -1.70. The van der Waals surface area contributed by atoms with Gasteiger partial charge in [0.2, 0.25) is 0 Å². The molecular weight excluding hydrogens is 290 g/mol. The van der Waals surface area contributed by atoms with Crippen LogP contribution in [-0.4, -0.2) is 56.3 Å². The highest BCUT2D eigenvalue weighted by molar-refractivity contribution is 7.21. The zero-order valence-electron chi connectivity index (χ0n) is 12.2. The van der Waals surface area contributed by atoms with Crippen LogP contribution in [0, 0.1) is 0 Å². The molecule has 0 spiro atoms. The first-order valence-corrected chi connectivity index (χ1v) is 7.39. The molecule has 21 heavy (non-hydrogen) atoms. The van der Waals surface area contributed by atoms with Crippen molar-refractivity contribution in [2.75, 3.05) is 46.3 Å². The first-order chi connectivity index (χ1) is 10.2. The van der Waals surface area contributed by atoms with Gasteiger partial charge in [-0.15, -0.1) is 11.3 Å². The van der Waals surface area contributed by atoms with Gasteiger partial charge in [0, 0.05) is 45.1 Å². The fourth-order valence-electron chi connectivity index (χ4n) is 1.99. The van der Waals surface area contributed by atoms with E-state index in [1.165, 1.54) is 11.3 Å². The van der Waals surface area contributed by atoms with Gasteiger partial charge in [0.25, 0.3) is 5.91 Å². The van der Waals surface area contributed by atoms with Crippen molar-refractivity contribution < 1.29 is 14.3 Å². The monoisotopic (exact) mass is 309 g/mol. The third-order valence-electron chi connectivity index (χ3n) is 3.14. The second kappa shape index (κ2) is 7.35. The maximum Gasteiger partial charge on any atom is 0.266 e. The van der Waals surface area contributed by atoms with E-state index in [1.807, 2.05) is 6.07 Å². The summed E-state index contributed by atoms with van der Waals surface area (Å²) < 4.78 is 11.0. The number of hydrogen-bond donors (Lipinski definition) is 1. The number of fused-ring (bicyclic) bond motifs is 1. The molecule has 2 heterocycles. The number of ether oxygens (including phenoxy) is 2. The molecule has 0 aliphatic carbocycles. The summed E-state index contributed by atoms with van der Waals surface area (Å²) in [5.74, 6) is -0.0946. The minimum absolute atomic E-state index is 0.0946. The Morgan fingerprint density at radius 1 is 1.33 bits per heavy atom. The molecule has 6 nitrogen and oxygen atoms in total. The summed E-state index contributed by atoms with van der Waals surface area (Å²) in [7, 11) is 3.22. The zero-order chi connectivity index (χ0) is 15.2. The van der Waals surface area contributed by atoms with Gasteiger partial charge in [0.05, 0.1) is 23.6 Å². The van der Waals surface area contributed by atoms with Gasteiger partial charge in [-0.1, -0.05) is 0 Å². The van der Waals surface area contributed by atoms with Crippen molar-refractivity contribution in [1.82, 2.24) is 9.88 Å². The average Bonchev–Trinajstić information content (AvgIpc) is 2.84. The number of nitrogens with two attached hydrogens (primary N) is 1. The lowest BCUT2D eigenvalue weighted by Crippen LogP contribution is -2.36. The summed E-state index contributed by atoms with van der Waals surface area (Å²) in [5, 5.41) is 0.872. The van der Waals surface area contributed by atoms with E-state index < -0.39 is 0 Å². The van der Waals surface area contributed by atoms with Gasteiger partial charge in [0.1, 0.15) is 4.88 Å². The quantitative estimate of drug-likeness (QED) is 0.841. The van der Waals surface area contributed by atoms with Crippen LogP contribution in [0.3, 0.4) is 0 Å². The van der Waals surface area contributed by atoms with Crippen LogP contribution in [0.2, 0.25) is 0 Å². The van der Waals surface area contributed by atoms with Crippen LogP contribution in [0.4, 0.5) is 5.69 Å². The SMILES string of the molecule is COCCN(CCOC)C(=O)c1sc2cnccc2c1N. The van der Waals surface area contributed by atoms with Crippen LogP contribution >= 0.6 is 11.3 Å². The van der Waals surface area contributed by atoms with E-state index in [-0.39, 0.29) is 5.91 Å². The standard InChI is InChI=1S/C14H19N3O3S/c1-19-7-5-17(6-8-20-2)14(18)13-12(15)10-3-4-16-9-11(10)21-13/h3-4,9H,5-8,15H2,1-2H3. The molecule has 0 bridgehead atoms. The largest absolute Gasteiger partial charge is 0.397 e. The predicted octanol–water partition coefficient (Wildman–Crippen LogP) is 1.61. The second-order valence-corrected chi connectivity index (χ2v) is 5.55. The van der Waals surface area contributed by atoms with Crippen molar-refractivity contribution >= 4 is 33.0 Å². The van der Waals surface area contributed by atoms with E-state index in [0.717, 1.165) is 10.1 Å². The van der Waals surface area contributed by atoms with Crippen molar-refractivity contribution in [3.05, 3.63) is 23.3 Å². The van der Waals surface area contributed by atoms with Crippen LogP contribution in [0.25, 0.3) is 10.1 Å². The van der Waals surface area contributed by atoms with E-state index in [2.05, 4.69) is 4.98 Å². The summed E-state index contributed by atoms with van der Waals surface area (Å²) in [6.45, 7) is 1.96. The molecule has 0 saturated heterocycles. The third kappa shape index (κ3) is 3.49. The zero-order valence-corrected chi connectivity index (χ0v) is 13.0. The molecule has 1 amide bonds. The molecule has 2 aromatic rings. The van der Waals surface area contributed by atoms with Gasteiger partial charge in [-0.25, -0.2) is 0 Å². The van der Waals surface area contributed by atoms with Gasteiger partial charge >= 0.3 is 0 Å². The minimum Gasteiger partial charge on any atom is -0.397 e. The molecule has 0 aliphatic heterocycles. The fourth-order valence-corrected chi connectivity index (χ4v) is 3.05. The normalized spacial score (nSPS) is 11.0. The molecule has 2 rings (SSSR count). The van der Waals surface area contributed by atoms with Crippen molar-refractivity contribution in [3.63, 3.8) is 0 Å². The Labute approximate surface area is 127 Å². The molecule has 7 heteroatoms. The Kier molecular flexibility index (Phi) is 5.49. The summed E-state index contributed by atoms with van der Waals surface area (Å²) in [5.41, 5.74) is 6.62. The molecule has 0 atom stereocenters. The number of carbonyl (C=O) groups excluding carboxylic acids is 1. The molecule has 0 unspecified atom stereocenters. The third-order valence-corrected chi connectivity index (χ3v) is 4.29. The Balaban J connectivity index is 2.26. The number of aromatic nitrogens is 1. The van der Waals surface area contributed by atoms with E-state index in [4.69, 9.17) is 15.2 Å². The van der Waals surface area contributed by atoms with Gasteiger partial charge < -0.3 is 20.1 Å². The number of carbonyl (C=O) groups is 1. The second-order valence-electron chi connectivity index (χ2n) is 4.49. The summed E-state index contributed by atoms with van der Waals surface area (Å²) in [4.78, 5) is 19.0. The first kappa shape index (κ1) is 15.7. The van der Waals surface area contributed by atoms with Crippen molar-refractivity contribution in [3.8, 4) is 0 Å². The molecule has 0 aliphatic rings. The van der Waals surface area contributed by atoms with Crippen molar-refractivity contribution in [1.29, 1.82) is 0 Å². The molecule has 0 aromatic carbocycles. The Morgan fingerprint density at radius 2 is 2.00 bits per heavy atom. The predicted molar refractivity (Wildman–Crippen MR) is 83.7 cm³/mol. The first-order valence-electron chi connectivity index (χ1n) is 6.58. The Bertz CT molecular complexity index is 607. The Morgan fingerprint density at radius 3 is 2.57 bits per heavy atom. The number of rotatable bonds is 7. The fraction of sp³-hybridized carbons (Fsp3) is 0.429. The molecule has 2 aromatic heterocycles.